The summed E-state index contributed by atoms with van der Waals surface area (Å²) in [6.07, 6.45) is 4.10. The third-order valence-electron chi connectivity index (χ3n) is 9.79. The van der Waals surface area contributed by atoms with Gasteiger partial charge in [-0.15, -0.1) is 5.10 Å². The summed E-state index contributed by atoms with van der Waals surface area (Å²) in [5.41, 5.74) is 8.21. The molecule has 7 nitrogen and oxygen atoms in total. The number of hydrogen-bond donors (Lipinski definition) is 0. The fraction of sp³-hybridized carbons (Fsp3) is 0.120. The van der Waals surface area contributed by atoms with Crippen molar-refractivity contribution >= 4 is 57.0 Å². The van der Waals surface area contributed by atoms with Crippen molar-refractivity contribution in [3.8, 4) is 28.0 Å². The average molecular weight is 785 g/mol. The number of carbonyl (C=O) groups is 2. The Labute approximate surface area is 342 Å². The fourth-order valence-corrected chi connectivity index (χ4v) is 7.00. The molecule has 0 fully saturated rings. The predicted octanol–water partition coefficient (Wildman–Crippen LogP) is 11.5. The first kappa shape index (κ1) is 39.4. The number of benzene rings is 7. The Hall–Kier alpha value is -6.83. The molecule has 0 aliphatic heterocycles. The van der Waals surface area contributed by atoms with Crippen molar-refractivity contribution in [2.45, 2.75) is 19.3 Å². The Morgan fingerprint density at radius 2 is 1.38 bits per heavy atom. The van der Waals surface area contributed by atoms with E-state index in [0.717, 1.165) is 83.6 Å². The number of esters is 2. The Bertz CT molecular complexity index is 2650. The second kappa shape index (κ2) is 18.9. The zero-order valence-electron chi connectivity index (χ0n) is 32.1. The molecule has 0 aliphatic carbocycles. The number of halogens is 1. The largest absolute Gasteiger partial charge is 0.493 e. The SMILES string of the molecule is C=CC(=O)OCCCOc1ccc2cc(-c3ccc(-c4cc(/C=N/N=C(\c5ccccc5)c5ccc6ccccc6c5)c(CCC(=O)OC)cc4Cl)cc3)ccc2c1. The van der Waals surface area contributed by atoms with Crippen LogP contribution in [0, 0.1) is 0 Å². The Kier molecular flexibility index (Phi) is 12.8. The number of ether oxygens (including phenoxy) is 3. The molecule has 0 aliphatic rings. The summed E-state index contributed by atoms with van der Waals surface area (Å²) < 4.78 is 15.8. The van der Waals surface area contributed by atoms with Crippen LogP contribution in [0.25, 0.3) is 43.8 Å². The van der Waals surface area contributed by atoms with E-state index in [4.69, 9.17) is 30.9 Å². The molecule has 8 heteroatoms. The summed E-state index contributed by atoms with van der Waals surface area (Å²) in [6, 6.07) is 49.1. The lowest BCUT2D eigenvalue weighted by molar-refractivity contribution is -0.140. The van der Waals surface area contributed by atoms with Gasteiger partial charge in [-0.2, -0.15) is 5.10 Å². The van der Waals surface area contributed by atoms with Crippen molar-refractivity contribution in [1.29, 1.82) is 0 Å². The average Bonchev–Trinajstić information content (AvgIpc) is 3.27. The lowest BCUT2D eigenvalue weighted by atomic mass is 9.95. The molecule has 0 saturated heterocycles. The molecular formula is C50H41ClN2O5. The molecule has 0 atom stereocenters. The van der Waals surface area contributed by atoms with Crippen molar-refractivity contribution in [2.75, 3.05) is 20.3 Å². The molecule has 7 rings (SSSR count). The maximum absolute atomic E-state index is 12.2. The predicted molar refractivity (Wildman–Crippen MR) is 235 cm³/mol. The molecule has 0 saturated carbocycles. The first-order valence-electron chi connectivity index (χ1n) is 19.0. The Balaban J connectivity index is 1.14. The van der Waals surface area contributed by atoms with Crippen LogP contribution in [0.2, 0.25) is 5.02 Å². The Morgan fingerprint density at radius 3 is 2.17 bits per heavy atom. The van der Waals surface area contributed by atoms with Gasteiger partial charge in [0.15, 0.2) is 0 Å². The second-order valence-electron chi connectivity index (χ2n) is 13.6. The van der Waals surface area contributed by atoms with E-state index in [-0.39, 0.29) is 19.0 Å². The third kappa shape index (κ3) is 9.75. The van der Waals surface area contributed by atoms with Gasteiger partial charge in [0, 0.05) is 40.6 Å². The summed E-state index contributed by atoms with van der Waals surface area (Å²) in [7, 11) is 1.39. The zero-order chi connectivity index (χ0) is 40.3. The van der Waals surface area contributed by atoms with E-state index in [1.807, 2.05) is 72.8 Å². The van der Waals surface area contributed by atoms with Crippen molar-refractivity contribution in [3.63, 3.8) is 0 Å². The molecule has 0 unspecified atom stereocenters. The van der Waals surface area contributed by atoms with E-state index in [9.17, 15) is 9.59 Å². The minimum absolute atomic E-state index is 0.201. The first-order valence-corrected chi connectivity index (χ1v) is 19.4. The number of fused-ring (bicyclic) bond motifs is 2. The molecule has 0 amide bonds. The summed E-state index contributed by atoms with van der Waals surface area (Å²) >= 11 is 6.96. The van der Waals surface area contributed by atoms with E-state index in [1.54, 1.807) is 6.21 Å². The van der Waals surface area contributed by atoms with Crippen molar-refractivity contribution in [1.82, 2.24) is 0 Å². The lowest BCUT2D eigenvalue weighted by Gasteiger charge is -2.13. The number of nitrogens with zero attached hydrogens (tertiary/aromatic N) is 2. The fourth-order valence-electron chi connectivity index (χ4n) is 6.71. The molecule has 7 aromatic carbocycles. The standard InChI is InChI=1S/C50H41ClN2O5/c1-3-48(54)58-27-9-26-57-45-24-22-40-28-39(19-20-41(40)30-45)35-14-17-36(18-15-35)46-31-44(42(32-47(46)51)23-25-49(55)56-2)33-52-53-50(37-11-5-4-6-12-37)43-21-16-34-10-7-8-13-38(34)29-43/h3-8,10-22,24,28-33H,1,9,23,25-27H2,2H3/b52-33+,53-50+. The highest BCUT2D eigenvalue weighted by Gasteiger charge is 2.14. The van der Waals surface area contributed by atoms with Crippen LogP contribution in [-0.4, -0.2) is 44.2 Å². The highest BCUT2D eigenvalue weighted by molar-refractivity contribution is 6.33. The first-order chi connectivity index (χ1) is 28.4. The van der Waals surface area contributed by atoms with Crippen LogP contribution in [-0.2, 0) is 25.5 Å². The van der Waals surface area contributed by atoms with Gasteiger partial charge in [-0.1, -0.05) is 127 Å². The Morgan fingerprint density at radius 1 is 0.690 bits per heavy atom. The summed E-state index contributed by atoms with van der Waals surface area (Å²) in [5, 5.41) is 14.4. The van der Waals surface area contributed by atoms with Gasteiger partial charge in [0.05, 0.1) is 26.5 Å². The van der Waals surface area contributed by atoms with Gasteiger partial charge in [0.1, 0.15) is 11.5 Å². The summed E-state index contributed by atoms with van der Waals surface area (Å²) in [4.78, 5) is 23.4. The quantitative estimate of drug-likeness (QED) is 0.0340. The van der Waals surface area contributed by atoms with E-state index in [1.165, 1.54) is 7.11 Å². The molecule has 0 aromatic heterocycles. The van der Waals surface area contributed by atoms with Gasteiger partial charge in [-0.3, -0.25) is 4.79 Å². The van der Waals surface area contributed by atoms with Crippen molar-refractivity contribution in [2.24, 2.45) is 10.2 Å². The number of hydrogen-bond acceptors (Lipinski definition) is 7. The molecular weight excluding hydrogens is 744 g/mol. The molecule has 0 spiro atoms. The second-order valence-corrected chi connectivity index (χ2v) is 14.0. The molecule has 58 heavy (non-hydrogen) atoms. The number of aryl methyl sites for hydroxylation is 1. The van der Waals surface area contributed by atoms with E-state index in [2.05, 4.69) is 84.5 Å². The van der Waals surface area contributed by atoms with Crippen LogP contribution >= 0.6 is 11.6 Å². The number of methoxy groups -OCH3 is 1. The van der Waals surface area contributed by atoms with Crippen LogP contribution in [0.5, 0.6) is 5.75 Å². The van der Waals surface area contributed by atoms with Gasteiger partial charge in [-0.05, 0) is 92.2 Å². The maximum Gasteiger partial charge on any atom is 0.330 e. The van der Waals surface area contributed by atoms with Crippen LogP contribution in [0.15, 0.2) is 168 Å². The van der Waals surface area contributed by atoms with E-state index in [0.29, 0.717) is 24.5 Å². The smallest absolute Gasteiger partial charge is 0.330 e. The van der Waals surface area contributed by atoms with Gasteiger partial charge in [0.25, 0.3) is 0 Å². The van der Waals surface area contributed by atoms with Gasteiger partial charge in [0.2, 0.25) is 0 Å². The molecule has 288 valence electrons. The van der Waals surface area contributed by atoms with E-state index < -0.39 is 5.97 Å². The zero-order valence-corrected chi connectivity index (χ0v) is 32.8. The topological polar surface area (TPSA) is 86.5 Å². The minimum Gasteiger partial charge on any atom is -0.493 e. The number of carbonyl (C=O) groups excluding carboxylic acids is 2. The monoisotopic (exact) mass is 784 g/mol. The van der Waals surface area contributed by atoms with Gasteiger partial charge in [-0.25, -0.2) is 4.79 Å². The highest BCUT2D eigenvalue weighted by atomic mass is 35.5. The van der Waals surface area contributed by atoms with Crippen molar-refractivity contribution in [3.05, 3.63) is 186 Å². The van der Waals surface area contributed by atoms with Crippen LogP contribution < -0.4 is 4.74 Å². The normalized spacial score (nSPS) is 11.5. The minimum atomic E-state index is -0.435. The van der Waals surface area contributed by atoms with E-state index >= 15 is 0 Å². The van der Waals surface area contributed by atoms with Crippen LogP contribution in [0.1, 0.15) is 35.1 Å². The van der Waals surface area contributed by atoms with Crippen molar-refractivity contribution < 1.29 is 23.8 Å². The van der Waals surface area contributed by atoms with Gasteiger partial charge >= 0.3 is 11.9 Å². The molecule has 0 N–H and O–H groups in total. The lowest BCUT2D eigenvalue weighted by Crippen LogP contribution is -2.06. The van der Waals surface area contributed by atoms with Crippen LogP contribution in [0.4, 0.5) is 0 Å². The third-order valence-corrected chi connectivity index (χ3v) is 10.1. The molecule has 0 radical (unpaired) electrons. The van der Waals surface area contributed by atoms with Crippen LogP contribution in [0.3, 0.4) is 0 Å². The molecule has 0 bridgehead atoms. The maximum atomic E-state index is 12.2. The summed E-state index contributed by atoms with van der Waals surface area (Å²) in [5.74, 6) is 0.0171. The number of rotatable bonds is 15. The highest BCUT2D eigenvalue weighted by Crippen LogP contribution is 2.34. The molecule has 7 aromatic rings. The molecule has 0 heterocycles. The van der Waals surface area contributed by atoms with Gasteiger partial charge < -0.3 is 14.2 Å². The summed E-state index contributed by atoms with van der Waals surface area (Å²) in [6.45, 7) is 4.12.